The molecule has 2 aliphatic heterocycles. The summed E-state index contributed by atoms with van der Waals surface area (Å²) in [6, 6.07) is 0. The predicted molar refractivity (Wildman–Crippen MR) is 50.8 cm³/mol. The molecule has 2 aliphatic rings. The Balaban J connectivity index is 2.24. The molecule has 2 saturated heterocycles. The van der Waals surface area contributed by atoms with E-state index < -0.39 is 34.1 Å². The molecule has 2 heterocycles. The van der Waals surface area contributed by atoms with Crippen LogP contribution < -0.4 is 10.6 Å². The largest absolute Gasteiger partial charge is 0.323 e. The highest BCUT2D eigenvalue weighted by Gasteiger charge is 2.56. The summed E-state index contributed by atoms with van der Waals surface area (Å²) in [6.07, 6.45) is -2.21. The Kier molecular flexibility index (Phi) is 2.45. The number of nitro groups is 3. The van der Waals surface area contributed by atoms with Crippen molar-refractivity contribution in [2.24, 2.45) is 5.10 Å². The van der Waals surface area contributed by atoms with Gasteiger partial charge in [-0.2, -0.15) is 0 Å². The van der Waals surface area contributed by atoms with Gasteiger partial charge in [-0.25, -0.2) is 30.3 Å². The van der Waals surface area contributed by atoms with Gasteiger partial charge in [0.1, 0.15) is 5.10 Å². The SMILES string of the molecule is O=[N+]([O-])N=C1NC2C(N1)N([N+](=O)[O-])CN2[N+](=O)[O-]. The van der Waals surface area contributed by atoms with E-state index in [1.165, 1.54) is 0 Å². The normalized spacial score (nSPS) is 25.2. The molecule has 98 valence electrons. The third-order valence-corrected chi connectivity index (χ3v) is 2.40. The number of hydrazone groups is 1. The maximum absolute atomic E-state index is 10.7. The van der Waals surface area contributed by atoms with E-state index in [0.29, 0.717) is 10.0 Å². The molecule has 2 fully saturated rings. The minimum atomic E-state index is -1.11. The van der Waals surface area contributed by atoms with Gasteiger partial charge >= 0.3 is 0 Å². The summed E-state index contributed by atoms with van der Waals surface area (Å²) in [4.78, 5) is 31.5. The third-order valence-electron chi connectivity index (χ3n) is 2.40. The second-order valence-electron chi connectivity index (χ2n) is 3.36. The zero-order chi connectivity index (χ0) is 13.4. The molecule has 2 unspecified atom stereocenters. The number of hydrogen-bond acceptors (Lipinski definition) is 6. The number of nitrogens with one attached hydrogen (secondary N) is 2. The van der Waals surface area contributed by atoms with Crippen molar-refractivity contribution in [2.45, 2.75) is 12.3 Å². The van der Waals surface area contributed by atoms with Gasteiger partial charge in [0, 0.05) is 0 Å². The molecule has 0 aromatic carbocycles. The van der Waals surface area contributed by atoms with Crippen LogP contribution in [0.3, 0.4) is 0 Å². The van der Waals surface area contributed by atoms with E-state index in [-0.39, 0.29) is 5.96 Å². The first-order valence-corrected chi connectivity index (χ1v) is 4.48. The van der Waals surface area contributed by atoms with E-state index in [1.807, 2.05) is 0 Å². The van der Waals surface area contributed by atoms with E-state index >= 15 is 0 Å². The average Bonchev–Trinajstić information content (AvgIpc) is 2.72. The number of hydrazine groups is 2. The number of hydrogen-bond donors (Lipinski definition) is 2. The fourth-order valence-electron chi connectivity index (χ4n) is 1.72. The Labute approximate surface area is 97.2 Å². The molecule has 2 atom stereocenters. The maximum Gasteiger partial charge on any atom is 0.272 e. The van der Waals surface area contributed by atoms with E-state index in [2.05, 4.69) is 15.7 Å². The standard InChI is InChI=1S/C4H6N8O6/c13-10(14)7-4-5-2-3(6-4)9(12(17)18)1-8(2)11(15)16/h2-3H,1H2,(H2,5,6,7). The molecule has 0 saturated carbocycles. The van der Waals surface area contributed by atoms with Gasteiger partial charge in [0.05, 0.1) is 0 Å². The lowest BCUT2D eigenvalue weighted by Crippen LogP contribution is -2.45. The molecule has 0 aliphatic carbocycles. The molecule has 0 aromatic rings. The van der Waals surface area contributed by atoms with E-state index in [1.54, 1.807) is 0 Å². The summed E-state index contributed by atoms with van der Waals surface area (Å²) < 4.78 is 0. The molecule has 2 rings (SSSR count). The predicted octanol–water partition coefficient (Wildman–Crippen LogP) is -2.66. The highest BCUT2D eigenvalue weighted by molar-refractivity contribution is 5.82. The van der Waals surface area contributed by atoms with Crippen LogP contribution in [-0.4, -0.2) is 50.1 Å². The lowest BCUT2D eigenvalue weighted by molar-refractivity contribution is -0.694. The molecular weight excluding hydrogens is 256 g/mol. The van der Waals surface area contributed by atoms with Gasteiger partial charge < -0.3 is 10.6 Å². The lowest BCUT2D eigenvalue weighted by atomic mass is 10.4. The second-order valence-corrected chi connectivity index (χ2v) is 3.36. The average molecular weight is 262 g/mol. The monoisotopic (exact) mass is 262 g/mol. The first-order chi connectivity index (χ1) is 8.40. The second kappa shape index (κ2) is 3.82. The van der Waals surface area contributed by atoms with Crippen molar-refractivity contribution in [1.82, 2.24) is 20.7 Å². The molecule has 14 nitrogen and oxygen atoms in total. The molecule has 0 radical (unpaired) electrons. The number of rotatable bonds is 3. The quantitative estimate of drug-likeness (QED) is 0.403. The minimum Gasteiger partial charge on any atom is -0.323 e. The van der Waals surface area contributed by atoms with Crippen molar-refractivity contribution in [3.05, 3.63) is 30.3 Å². The van der Waals surface area contributed by atoms with Gasteiger partial charge in [0.15, 0.2) is 15.1 Å². The smallest absolute Gasteiger partial charge is 0.272 e. The third kappa shape index (κ3) is 1.74. The van der Waals surface area contributed by atoms with Crippen molar-refractivity contribution in [3.63, 3.8) is 0 Å². The van der Waals surface area contributed by atoms with Crippen LogP contribution in [0.25, 0.3) is 0 Å². The minimum absolute atomic E-state index is 0.367. The number of fused-ring (bicyclic) bond motifs is 1. The molecule has 0 amide bonds. The van der Waals surface area contributed by atoms with Crippen molar-refractivity contribution >= 4 is 5.96 Å². The van der Waals surface area contributed by atoms with Crippen LogP contribution in [0.15, 0.2) is 5.10 Å². The molecule has 14 heteroatoms. The summed E-state index contributed by atoms with van der Waals surface area (Å²) in [5.74, 6) is -0.367. The van der Waals surface area contributed by atoms with Gasteiger partial charge in [-0.05, 0) is 0 Å². The van der Waals surface area contributed by atoms with Crippen molar-refractivity contribution in [1.29, 1.82) is 0 Å². The van der Waals surface area contributed by atoms with Crippen LogP contribution in [0.4, 0.5) is 0 Å². The van der Waals surface area contributed by atoms with Gasteiger partial charge in [0.25, 0.3) is 5.96 Å². The van der Waals surface area contributed by atoms with Gasteiger partial charge in [-0.3, -0.25) is 0 Å². The Morgan fingerprint density at radius 3 is 1.83 bits per heavy atom. The van der Waals surface area contributed by atoms with Gasteiger partial charge in [-0.1, -0.05) is 10.0 Å². The highest BCUT2D eigenvalue weighted by Crippen LogP contribution is 2.20. The van der Waals surface area contributed by atoms with Crippen LogP contribution in [0.2, 0.25) is 0 Å². The Morgan fingerprint density at radius 1 is 1.06 bits per heavy atom. The van der Waals surface area contributed by atoms with Gasteiger partial charge in [0.2, 0.25) is 19.0 Å². The fraction of sp³-hybridized carbons (Fsp3) is 0.750. The van der Waals surface area contributed by atoms with Crippen molar-refractivity contribution in [2.75, 3.05) is 6.67 Å². The number of nitrogens with zero attached hydrogens (tertiary/aromatic N) is 6. The fourth-order valence-corrected chi connectivity index (χ4v) is 1.72. The van der Waals surface area contributed by atoms with Crippen LogP contribution in [-0.2, 0) is 0 Å². The van der Waals surface area contributed by atoms with E-state index in [9.17, 15) is 30.3 Å². The summed E-state index contributed by atoms with van der Waals surface area (Å²) in [5, 5.41) is 37.5. The first-order valence-electron chi connectivity index (χ1n) is 4.48. The topological polar surface area (TPSA) is 172 Å². The summed E-state index contributed by atoms with van der Waals surface area (Å²) in [5.41, 5.74) is 0. The van der Waals surface area contributed by atoms with Crippen molar-refractivity contribution < 1.29 is 15.1 Å². The maximum atomic E-state index is 10.7. The molecule has 0 bridgehead atoms. The molecular formula is C4H6N8O6. The zero-order valence-corrected chi connectivity index (χ0v) is 8.49. The summed E-state index contributed by atoms with van der Waals surface area (Å²) >= 11 is 0. The molecule has 2 N–H and O–H groups in total. The summed E-state index contributed by atoms with van der Waals surface area (Å²) in [7, 11) is 0. The van der Waals surface area contributed by atoms with Crippen molar-refractivity contribution in [3.8, 4) is 0 Å². The molecule has 0 aromatic heterocycles. The number of guanidine groups is 1. The lowest BCUT2D eigenvalue weighted by Gasteiger charge is -2.10. The van der Waals surface area contributed by atoms with E-state index in [0.717, 1.165) is 0 Å². The van der Waals surface area contributed by atoms with Crippen LogP contribution in [0.5, 0.6) is 0 Å². The molecule has 0 spiro atoms. The van der Waals surface area contributed by atoms with Gasteiger partial charge in [-0.15, -0.1) is 0 Å². The summed E-state index contributed by atoms with van der Waals surface area (Å²) in [6.45, 7) is -0.554. The zero-order valence-electron chi connectivity index (χ0n) is 8.49. The van der Waals surface area contributed by atoms with Crippen LogP contribution in [0.1, 0.15) is 0 Å². The molecule has 18 heavy (non-hydrogen) atoms. The Hall–Kier alpha value is -2.93. The van der Waals surface area contributed by atoms with Crippen LogP contribution >= 0.6 is 0 Å². The highest BCUT2D eigenvalue weighted by atomic mass is 16.7. The Morgan fingerprint density at radius 2 is 1.50 bits per heavy atom. The van der Waals surface area contributed by atoms with E-state index in [4.69, 9.17) is 0 Å². The van der Waals surface area contributed by atoms with Crippen LogP contribution in [0, 0.1) is 30.3 Å². The first kappa shape index (κ1) is 11.6. The Bertz CT molecular complexity index is 419.